The van der Waals surface area contributed by atoms with Crippen LogP contribution in [0.4, 0.5) is 0 Å². The monoisotopic (exact) mass is 274 g/mol. The summed E-state index contributed by atoms with van der Waals surface area (Å²) < 4.78 is 0. The number of carbonyl (C=O) groups is 2. The van der Waals surface area contributed by atoms with Crippen LogP contribution in [0.2, 0.25) is 0 Å². The number of carboxylic acid groups (broad SMARTS) is 2. The number of hydrogen-bond acceptors (Lipinski definition) is 8. The Labute approximate surface area is 125 Å². The number of nitrogens with zero attached hydrogens (tertiary/aromatic N) is 4. The fourth-order valence-electron chi connectivity index (χ4n) is 0.948. The van der Waals surface area contributed by atoms with Crippen LogP contribution in [0.1, 0.15) is 13.8 Å². The minimum Gasteiger partial charge on any atom is -0.547 e. The van der Waals surface area contributed by atoms with Gasteiger partial charge in [0.25, 0.3) is 0 Å². The molecule has 2 atom stereocenters. The molecule has 0 radical (unpaired) electrons. The Morgan fingerprint density at radius 3 is 1.32 bits per heavy atom. The molecule has 0 spiro atoms. The van der Waals surface area contributed by atoms with Crippen molar-refractivity contribution in [2.24, 2.45) is 20.5 Å². The van der Waals surface area contributed by atoms with Crippen molar-refractivity contribution in [3.8, 4) is 0 Å². The minimum atomic E-state index is -1.22. The first kappa shape index (κ1) is 17.4. The Kier molecular flexibility index (Phi) is 5.97. The Bertz CT molecular complexity index is 416. The molecular formula is C10H10MgN4O4. The number of aliphatic carboxylic acids is 2. The maximum Gasteiger partial charge on any atom is 2.00 e. The standard InChI is InChI=1S/2C5H6N2O2.Mg/c2*1-5(4(8)9)2-3-6-7-5;/h2*2-3H,1H3,(H,8,9);/q;;+2/p-2. The molecule has 0 aromatic carbocycles. The number of rotatable bonds is 2. The molecule has 0 aromatic heterocycles. The molecular weight excluding hydrogens is 264 g/mol. The summed E-state index contributed by atoms with van der Waals surface area (Å²) in [5, 5.41) is 34.0. The van der Waals surface area contributed by atoms with E-state index in [-0.39, 0.29) is 23.1 Å². The predicted octanol–water partition coefficient (Wildman–Crippen LogP) is -1.43. The van der Waals surface area contributed by atoms with Gasteiger partial charge >= 0.3 is 23.1 Å². The van der Waals surface area contributed by atoms with Crippen molar-refractivity contribution in [3.05, 3.63) is 24.6 Å². The summed E-state index contributed by atoms with van der Waals surface area (Å²) >= 11 is 0. The number of carboxylic acids is 2. The van der Waals surface area contributed by atoms with Crippen LogP contribution in [0.25, 0.3) is 0 Å². The van der Waals surface area contributed by atoms with Gasteiger partial charge < -0.3 is 19.8 Å². The smallest absolute Gasteiger partial charge is 0.547 e. The fourth-order valence-corrected chi connectivity index (χ4v) is 0.948. The van der Waals surface area contributed by atoms with E-state index in [1.54, 1.807) is 0 Å². The summed E-state index contributed by atoms with van der Waals surface area (Å²) in [4.78, 5) is 20.4. The first-order chi connectivity index (χ1) is 8.30. The minimum absolute atomic E-state index is 0. The summed E-state index contributed by atoms with van der Waals surface area (Å²) in [6.07, 6.45) is 5.44. The van der Waals surface area contributed by atoms with Gasteiger partial charge in [-0.25, -0.2) is 0 Å². The zero-order valence-electron chi connectivity index (χ0n) is 10.4. The quantitative estimate of drug-likeness (QED) is 0.571. The molecule has 96 valence electrons. The third kappa shape index (κ3) is 4.21. The van der Waals surface area contributed by atoms with Gasteiger partial charge in [0.2, 0.25) is 0 Å². The van der Waals surface area contributed by atoms with Gasteiger partial charge in [0.1, 0.15) is 11.1 Å². The number of hydrogen-bond donors (Lipinski definition) is 0. The van der Waals surface area contributed by atoms with E-state index in [1.165, 1.54) is 38.4 Å². The SMILES string of the molecule is CC1(C(=O)[O-])C=CN=N1.CC1(C(=O)[O-])C=CN=N1.[Mg+2]. The molecule has 0 aromatic rings. The number of carbonyl (C=O) groups excluding carboxylic acids is 2. The Morgan fingerprint density at radius 1 is 0.895 bits per heavy atom. The Balaban J connectivity index is 0.000000324. The molecule has 9 heteroatoms. The largest absolute Gasteiger partial charge is 2.00 e. The average molecular weight is 275 g/mol. The van der Waals surface area contributed by atoms with Crippen molar-refractivity contribution in [2.45, 2.75) is 24.9 Å². The summed E-state index contributed by atoms with van der Waals surface area (Å²) in [6, 6.07) is 0. The van der Waals surface area contributed by atoms with E-state index in [0.29, 0.717) is 0 Å². The molecule has 0 aliphatic carbocycles. The zero-order valence-corrected chi connectivity index (χ0v) is 11.9. The van der Waals surface area contributed by atoms with Crippen LogP contribution in [-0.4, -0.2) is 46.1 Å². The van der Waals surface area contributed by atoms with E-state index < -0.39 is 23.0 Å². The predicted molar refractivity (Wildman–Crippen MR) is 60.6 cm³/mol. The topological polar surface area (TPSA) is 130 Å². The molecule has 2 aliphatic rings. The molecule has 19 heavy (non-hydrogen) atoms. The second kappa shape index (κ2) is 6.52. The number of azo groups is 2. The van der Waals surface area contributed by atoms with Crippen molar-refractivity contribution in [1.82, 2.24) is 0 Å². The first-order valence-electron chi connectivity index (χ1n) is 4.92. The summed E-state index contributed by atoms with van der Waals surface area (Å²) in [5.74, 6) is -2.44. The van der Waals surface area contributed by atoms with E-state index in [9.17, 15) is 19.8 Å². The third-order valence-corrected chi connectivity index (χ3v) is 2.29. The van der Waals surface area contributed by atoms with E-state index in [2.05, 4.69) is 20.5 Å². The van der Waals surface area contributed by atoms with E-state index in [0.717, 1.165) is 0 Å². The van der Waals surface area contributed by atoms with E-state index in [4.69, 9.17) is 0 Å². The average Bonchev–Trinajstić information content (AvgIpc) is 2.90. The Morgan fingerprint density at radius 2 is 1.21 bits per heavy atom. The van der Waals surface area contributed by atoms with Gasteiger partial charge in [-0.05, 0) is 26.0 Å². The van der Waals surface area contributed by atoms with Crippen molar-refractivity contribution < 1.29 is 19.8 Å². The normalized spacial score (nSPS) is 29.6. The van der Waals surface area contributed by atoms with Gasteiger partial charge in [-0.15, -0.1) is 0 Å². The van der Waals surface area contributed by atoms with Crippen LogP contribution in [0, 0.1) is 0 Å². The maximum absolute atomic E-state index is 10.2. The van der Waals surface area contributed by atoms with E-state index >= 15 is 0 Å². The summed E-state index contributed by atoms with van der Waals surface area (Å²) in [5.41, 5.74) is -2.44. The molecule has 2 aliphatic heterocycles. The molecule has 0 bridgehead atoms. The molecule has 0 N–H and O–H groups in total. The van der Waals surface area contributed by atoms with Crippen LogP contribution in [0.5, 0.6) is 0 Å². The summed E-state index contributed by atoms with van der Waals surface area (Å²) in [6.45, 7) is 2.85. The van der Waals surface area contributed by atoms with Crippen molar-refractivity contribution in [3.63, 3.8) is 0 Å². The van der Waals surface area contributed by atoms with Crippen molar-refractivity contribution >= 4 is 35.0 Å². The van der Waals surface area contributed by atoms with Gasteiger partial charge in [-0.2, -0.15) is 20.5 Å². The van der Waals surface area contributed by atoms with Crippen molar-refractivity contribution in [1.29, 1.82) is 0 Å². The molecule has 0 amide bonds. The van der Waals surface area contributed by atoms with Gasteiger partial charge in [-0.3, -0.25) is 0 Å². The van der Waals surface area contributed by atoms with Crippen LogP contribution < -0.4 is 10.2 Å². The fraction of sp³-hybridized carbons (Fsp3) is 0.400. The molecule has 2 heterocycles. The zero-order chi connectivity index (χ0) is 13.8. The van der Waals surface area contributed by atoms with Crippen LogP contribution in [-0.2, 0) is 9.59 Å². The van der Waals surface area contributed by atoms with Gasteiger partial charge in [0.15, 0.2) is 0 Å². The first-order valence-corrected chi connectivity index (χ1v) is 4.92. The molecule has 2 rings (SSSR count). The van der Waals surface area contributed by atoms with Crippen molar-refractivity contribution in [2.75, 3.05) is 0 Å². The van der Waals surface area contributed by atoms with Gasteiger partial charge in [0.05, 0.1) is 11.9 Å². The second-order valence-electron chi connectivity index (χ2n) is 3.93. The third-order valence-electron chi connectivity index (χ3n) is 2.29. The van der Waals surface area contributed by atoms with Crippen LogP contribution in [0.15, 0.2) is 45.0 Å². The van der Waals surface area contributed by atoms with E-state index in [1.807, 2.05) is 0 Å². The van der Waals surface area contributed by atoms with Gasteiger partial charge in [-0.1, -0.05) is 0 Å². The Hall–Kier alpha value is -1.61. The molecule has 0 fully saturated rings. The second-order valence-corrected chi connectivity index (χ2v) is 3.93. The molecule has 2 unspecified atom stereocenters. The molecule has 0 saturated heterocycles. The van der Waals surface area contributed by atoms with Crippen LogP contribution >= 0.6 is 0 Å². The van der Waals surface area contributed by atoms with Crippen LogP contribution in [0.3, 0.4) is 0 Å². The summed E-state index contributed by atoms with van der Waals surface area (Å²) in [7, 11) is 0. The maximum atomic E-state index is 10.2. The molecule has 8 nitrogen and oxygen atoms in total. The van der Waals surface area contributed by atoms with Gasteiger partial charge in [0, 0.05) is 12.4 Å². The molecule has 0 saturated carbocycles.